The van der Waals surface area contributed by atoms with Crippen molar-refractivity contribution in [2.45, 2.75) is 6.54 Å². The Labute approximate surface area is 126 Å². The molecule has 2 aromatic carbocycles. The van der Waals surface area contributed by atoms with Gasteiger partial charge in [0.1, 0.15) is 18.1 Å². The van der Waals surface area contributed by atoms with Gasteiger partial charge in [-0.2, -0.15) is 0 Å². The Kier molecular flexibility index (Phi) is 3.76. The summed E-state index contributed by atoms with van der Waals surface area (Å²) in [6.07, 6.45) is 0. The molecular formula is C16H15N3O3. The Morgan fingerprint density at radius 2 is 1.95 bits per heavy atom. The van der Waals surface area contributed by atoms with E-state index in [1.54, 1.807) is 17.2 Å². The van der Waals surface area contributed by atoms with E-state index in [4.69, 9.17) is 9.94 Å². The number of nitrogens with one attached hydrogen (secondary N) is 1. The summed E-state index contributed by atoms with van der Waals surface area (Å²) in [7, 11) is 1.61. The van der Waals surface area contributed by atoms with Crippen LogP contribution in [-0.2, 0) is 11.3 Å². The van der Waals surface area contributed by atoms with Crippen LogP contribution in [0.2, 0.25) is 0 Å². The van der Waals surface area contributed by atoms with Gasteiger partial charge in [0.15, 0.2) is 0 Å². The van der Waals surface area contributed by atoms with E-state index >= 15 is 0 Å². The Morgan fingerprint density at radius 1 is 1.23 bits per heavy atom. The Bertz CT molecular complexity index is 809. The summed E-state index contributed by atoms with van der Waals surface area (Å²) in [5.41, 5.74) is 4.14. The van der Waals surface area contributed by atoms with Crippen LogP contribution < -0.4 is 10.2 Å². The summed E-state index contributed by atoms with van der Waals surface area (Å²) in [5, 5.41) is 8.79. The molecule has 0 aliphatic carbocycles. The average Bonchev–Trinajstić information content (AvgIpc) is 2.93. The second-order valence-electron chi connectivity index (χ2n) is 4.77. The summed E-state index contributed by atoms with van der Waals surface area (Å²) in [5.74, 6) is 0.907. The number of hydrogen-bond acceptors (Lipinski definition) is 4. The molecule has 2 N–H and O–H groups in total. The molecule has 0 fully saturated rings. The smallest absolute Gasteiger partial charge is 0.263 e. The molecule has 0 unspecified atom stereocenters. The maximum absolute atomic E-state index is 11.6. The zero-order chi connectivity index (χ0) is 15.5. The molecule has 6 nitrogen and oxygen atoms in total. The van der Waals surface area contributed by atoms with Crippen molar-refractivity contribution in [3.05, 3.63) is 48.5 Å². The molecule has 22 heavy (non-hydrogen) atoms. The van der Waals surface area contributed by atoms with E-state index in [0.717, 1.165) is 22.3 Å². The minimum absolute atomic E-state index is 0.0155. The van der Waals surface area contributed by atoms with Crippen LogP contribution in [0.25, 0.3) is 22.4 Å². The largest absolute Gasteiger partial charge is 0.497 e. The highest BCUT2D eigenvalue weighted by Crippen LogP contribution is 2.26. The van der Waals surface area contributed by atoms with Crippen LogP contribution in [0.15, 0.2) is 48.5 Å². The van der Waals surface area contributed by atoms with Crippen molar-refractivity contribution in [2.24, 2.45) is 0 Å². The van der Waals surface area contributed by atoms with E-state index in [2.05, 4.69) is 4.98 Å². The van der Waals surface area contributed by atoms with Crippen molar-refractivity contribution < 1.29 is 14.7 Å². The zero-order valence-corrected chi connectivity index (χ0v) is 12.0. The maximum Gasteiger partial charge on any atom is 0.263 e. The molecule has 112 valence electrons. The van der Waals surface area contributed by atoms with Gasteiger partial charge >= 0.3 is 0 Å². The van der Waals surface area contributed by atoms with Gasteiger partial charge in [0.05, 0.1) is 18.1 Å². The number of hydrogen-bond donors (Lipinski definition) is 2. The van der Waals surface area contributed by atoms with Crippen LogP contribution in [0.1, 0.15) is 0 Å². The molecule has 0 atom stereocenters. The average molecular weight is 297 g/mol. The van der Waals surface area contributed by atoms with Gasteiger partial charge in [-0.25, -0.2) is 10.5 Å². The highest BCUT2D eigenvalue weighted by atomic mass is 16.5. The number of carbonyl (C=O) groups excluding carboxylic acids is 1. The molecule has 0 aliphatic rings. The normalized spacial score (nSPS) is 10.6. The fourth-order valence-electron chi connectivity index (χ4n) is 2.37. The Hall–Kier alpha value is -2.86. The SMILES string of the molecule is COc1ccc(-c2nc3ccccc3n2CC(=O)NO)cc1. The number of methoxy groups -OCH3 is 1. The first kappa shape index (κ1) is 14.1. The quantitative estimate of drug-likeness (QED) is 0.572. The van der Waals surface area contributed by atoms with E-state index < -0.39 is 5.91 Å². The second-order valence-corrected chi connectivity index (χ2v) is 4.77. The van der Waals surface area contributed by atoms with E-state index in [1.807, 2.05) is 48.5 Å². The lowest BCUT2D eigenvalue weighted by Gasteiger charge is -2.08. The highest BCUT2D eigenvalue weighted by molar-refractivity contribution is 5.84. The predicted molar refractivity (Wildman–Crippen MR) is 81.7 cm³/mol. The van der Waals surface area contributed by atoms with Gasteiger partial charge in [-0.3, -0.25) is 10.0 Å². The highest BCUT2D eigenvalue weighted by Gasteiger charge is 2.14. The molecule has 1 heterocycles. The third kappa shape index (κ3) is 2.51. The molecule has 1 amide bonds. The monoisotopic (exact) mass is 297 g/mol. The number of hydroxylamine groups is 1. The number of rotatable bonds is 4. The van der Waals surface area contributed by atoms with E-state index in [9.17, 15) is 4.79 Å². The molecule has 1 aromatic heterocycles. The number of amides is 1. The van der Waals surface area contributed by atoms with Crippen molar-refractivity contribution in [1.29, 1.82) is 0 Å². The van der Waals surface area contributed by atoms with Gasteiger partial charge in [-0.15, -0.1) is 0 Å². The molecule has 0 radical (unpaired) electrons. The molecule has 0 saturated heterocycles. The fraction of sp³-hybridized carbons (Fsp3) is 0.125. The van der Waals surface area contributed by atoms with Gasteiger partial charge in [0.2, 0.25) is 0 Å². The Morgan fingerprint density at radius 3 is 2.64 bits per heavy atom. The molecule has 0 aliphatic heterocycles. The zero-order valence-electron chi connectivity index (χ0n) is 12.0. The van der Waals surface area contributed by atoms with Crippen LogP contribution in [0.5, 0.6) is 5.75 Å². The number of imidazole rings is 1. The van der Waals surface area contributed by atoms with Crippen molar-refractivity contribution in [1.82, 2.24) is 15.0 Å². The van der Waals surface area contributed by atoms with Crippen molar-refractivity contribution in [3.8, 4) is 17.1 Å². The van der Waals surface area contributed by atoms with Crippen molar-refractivity contribution >= 4 is 16.9 Å². The van der Waals surface area contributed by atoms with Gasteiger partial charge in [0.25, 0.3) is 5.91 Å². The number of nitrogens with zero attached hydrogens (tertiary/aromatic N) is 2. The molecule has 0 saturated carbocycles. The summed E-state index contributed by atoms with van der Waals surface area (Å²) in [6.45, 7) is -0.0155. The minimum Gasteiger partial charge on any atom is -0.497 e. The van der Waals surface area contributed by atoms with Crippen molar-refractivity contribution in [2.75, 3.05) is 7.11 Å². The standard InChI is InChI=1S/C16H15N3O3/c1-22-12-8-6-11(7-9-12)16-17-13-4-2-3-5-14(13)19(16)10-15(20)18-21/h2-9,21H,10H2,1H3,(H,18,20). The second kappa shape index (κ2) is 5.87. The lowest BCUT2D eigenvalue weighted by molar-refractivity contribution is -0.129. The first-order valence-electron chi connectivity index (χ1n) is 6.75. The summed E-state index contributed by atoms with van der Waals surface area (Å²) in [4.78, 5) is 16.2. The van der Waals surface area contributed by atoms with Gasteiger partial charge in [-0.05, 0) is 36.4 Å². The summed E-state index contributed by atoms with van der Waals surface area (Å²) >= 11 is 0. The molecule has 0 bridgehead atoms. The molecule has 3 rings (SSSR count). The summed E-state index contributed by atoms with van der Waals surface area (Å²) in [6, 6.07) is 15.0. The summed E-state index contributed by atoms with van der Waals surface area (Å²) < 4.78 is 6.92. The van der Waals surface area contributed by atoms with Crippen LogP contribution in [0, 0.1) is 0 Å². The third-order valence-corrected chi connectivity index (χ3v) is 3.43. The molecular weight excluding hydrogens is 282 g/mol. The first-order chi connectivity index (χ1) is 10.7. The lowest BCUT2D eigenvalue weighted by atomic mass is 10.2. The number of aromatic nitrogens is 2. The Balaban J connectivity index is 2.14. The number of fused-ring (bicyclic) bond motifs is 1. The molecule has 6 heteroatoms. The van der Waals surface area contributed by atoms with Gasteiger partial charge in [-0.1, -0.05) is 12.1 Å². The molecule has 0 spiro atoms. The number of benzene rings is 2. The van der Waals surface area contributed by atoms with Gasteiger partial charge < -0.3 is 9.30 Å². The van der Waals surface area contributed by atoms with Crippen LogP contribution >= 0.6 is 0 Å². The topological polar surface area (TPSA) is 76.4 Å². The third-order valence-electron chi connectivity index (χ3n) is 3.43. The first-order valence-corrected chi connectivity index (χ1v) is 6.75. The number of ether oxygens (including phenoxy) is 1. The predicted octanol–water partition coefficient (Wildman–Crippen LogP) is 2.22. The van der Waals surface area contributed by atoms with Gasteiger partial charge in [0, 0.05) is 5.56 Å². The molecule has 3 aromatic rings. The maximum atomic E-state index is 11.6. The van der Waals surface area contributed by atoms with E-state index in [0.29, 0.717) is 5.82 Å². The lowest BCUT2D eigenvalue weighted by Crippen LogP contribution is -2.24. The minimum atomic E-state index is -0.502. The number of para-hydroxylation sites is 2. The van der Waals surface area contributed by atoms with Crippen molar-refractivity contribution in [3.63, 3.8) is 0 Å². The van der Waals surface area contributed by atoms with E-state index in [1.165, 1.54) is 0 Å². The van der Waals surface area contributed by atoms with Crippen LogP contribution in [-0.4, -0.2) is 27.8 Å². The van der Waals surface area contributed by atoms with Crippen LogP contribution in [0.3, 0.4) is 0 Å². The fourth-order valence-corrected chi connectivity index (χ4v) is 2.37. The van der Waals surface area contributed by atoms with Crippen LogP contribution in [0.4, 0.5) is 0 Å². The number of carbonyl (C=O) groups is 1. The van der Waals surface area contributed by atoms with E-state index in [-0.39, 0.29) is 6.54 Å².